The van der Waals surface area contributed by atoms with Crippen molar-refractivity contribution >= 4 is 21.8 Å². The monoisotopic (exact) mass is 333 g/mol. The molecule has 1 saturated heterocycles. The number of hydrogen-bond donors (Lipinski definition) is 2. The second-order valence-electron chi connectivity index (χ2n) is 5.60. The van der Waals surface area contributed by atoms with Crippen LogP contribution in [0.15, 0.2) is 0 Å². The van der Waals surface area contributed by atoms with Crippen molar-refractivity contribution in [1.29, 1.82) is 0 Å². The second-order valence-corrected chi connectivity index (χ2v) is 7.85. The van der Waals surface area contributed by atoms with Crippen molar-refractivity contribution < 1.29 is 18.0 Å². The molecule has 22 heavy (non-hydrogen) atoms. The lowest BCUT2D eigenvalue weighted by Crippen LogP contribution is -2.49. The number of nitrogens with one attached hydrogen (secondary N) is 2. The predicted octanol–water partition coefficient (Wildman–Crippen LogP) is 0.0790. The maximum atomic E-state index is 12.2. The Morgan fingerprint density at radius 3 is 2.32 bits per heavy atom. The van der Waals surface area contributed by atoms with Crippen LogP contribution in [0.3, 0.4) is 0 Å². The van der Waals surface area contributed by atoms with E-state index in [1.807, 2.05) is 6.92 Å². The third-order valence-corrected chi connectivity index (χ3v) is 5.77. The number of nitrogens with zero attached hydrogens (tertiary/aromatic N) is 1. The molecule has 1 heterocycles. The fourth-order valence-corrected chi connectivity index (χ4v) is 3.51. The summed E-state index contributed by atoms with van der Waals surface area (Å²) >= 11 is 0. The van der Waals surface area contributed by atoms with Crippen LogP contribution in [0.1, 0.15) is 40.0 Å². The molecule has 7 nitrogen and oxygen atoms in total. The Balaban J connectivity index is 2.44. The fourth-order valence-electron chi connectivity index (χ4n) is 2.38. The summed E-state index contributed by atoms with van der Waals surface area (Å²) in [5, 5.41) is 5.44. The van der Waals surface area contributed by atoms with Gasteiger partial charge in [-0.3, -0.25) is 9.59 Å². The van der Waals surface area contributed by atoms with Gasteiger partial charge in [-0.05, 0) is 33.1 Å². The van der Waals surface area contributed by atoms with E-state index >= 15 is 0 Å². The van der Waals surface area contributed by atoms with Gasteiger partial charge in [-0.25, -0.2) is 12.7 Å². The van der Waals surface area contributed by atoms with E-state index in [0.29, 0.717) is 32.5 Å². The van der Waals surface area contributed by atoms with Crippen molar-refractivity contribution in [3.63, 3.8) is 0 Å². The third-order valence-electron chi connectivity index (χ3n) is 3.88. The van der Waals surface area contributed by atoms with Crippen molar-refractivity contribution in [2.75, 3.05) is 25.4 Å². The van der Waals surface area contributed by atoms with Gasteiger partial charge in [0.25, 0.3) is 0 Å². The molecule has 0 saturated carbocycles. The van der Waals surface area contributed by atoms with Gasteiger partial charge in [0, 0.05) is 25.6 Å². The molecule has 1 aliphatic rings. The maximum absolute atomic E-state index is 12.2. The Kier molecular flexibility index (Phi) is 7.28. The number of hydrogen-bond acceptors (Lipinski definition) is 4. The Hall–Kier alpha value is -1.15. The van der Waals surface area contributed by atoms with Crippen molar-refractivity contribution in [2.45, 2.75) is 46.1 Å². The molecule has 0 aromatic rings. The zero-order chi connectivity index (χ0) is 16.8. The molecule has 8 heteroatoms. The molecule has 2 N–H and O–H groups in total. The van der Waals surface area contributed by atoms with Gasteiger partial charge in [0.15, 0.2) is 0 Å². The van der Waals surface area contributed by atoms with Crippen LogP contribution < -0.4 is 10.6 Å². The van der Waals surface area contributed by atoms with Crippen molar-refractivity contribution in [3.05, 3.63) is 0 Å². The van der Waals surface area contributed by atoms with Gasteiger partial charge in [0.2, 0.25) is 21.8 Å². The van der Waals surface area contributed by atoms with Gasteiger partial charge < -0.3 is 10.6 Å². The molecule has 2 amide bonds. The van der Waals surface area contributed by atoms with E-state index in [1.165, 1.54) is 4.31 Å². The number of carbonyl (C=O) groups excluding carboxylic acids is 2. The van der Waals surface area contributed by atoms with Gasteiger partial charge in [-0.1, -0.05) is 6.92 Å². The summed E-state index contributed by atoms with van der Waals surface area (Å²) in [6.45, 7) is 6.55. The molecule has 0 aromatic carbocycles. The van der Waals surface area contributed by atoms with Crippen LogP contribution in [0.5, 0.6) is 0 Å². The van der Waals surface area contributed by atoms with Crippen molar-refractivity contribution in [1.82, 2.24) is 14.9 Å². The lowest BCUT2D eigenvalue weighted by Gasteiger charge is -2.30. The van der Waals surface area contributed by atoms with Gasteiger partial charge in [-0.2, -0.15) is 0 Å². The van der Waals surface area contributed by atoms with Gasteiger partial charge in [0.1, 0.15) is 6.04 Å². The minimum atomic E-state index is -3.18. The Morgan fingerprint density at radius 2 is 1.82 bits per heavy atom. The van der Waals surface area contributed by atoms with E-state index in [2.05, 4.69) is 10.6 Å². The van der Waals surface area contributed by atoms with E-state index in [0.717, 1.165) is 6.42 Å². The highest BCUT2D eigenvalue weighted by Crippen LogP contribution is 2.20. The normalized spacial score (nSPS) is 18.7. The first-order valence-corrected chi connectivity index (χ1v) is 9.48. The average Bonchev–Trinajstić information content (AvgIpc) is 2.52. The Labute approximate surface area is 132 Å². The number of rotatable bonds is 7. The molecule has 1 rings (SSSR count). The molecule has 0 spiro atoms. The SMILES string of the molecule is CCCNC(=O)C(C)NC(=O)C1CCN(S(=O)(=O)CC)CC1. The van der Waals surface area contributed by atoms with Gasteiger partial charge in [-0.15, -0.1) is 0 Å². The lowest BCUT2D eigenvalue weighted by molar-refractivity contribution is -0.131. The Morgan fingerprint density at radius 1 is 1.23 bits per heavy atom. The molecule has 0 radical (unpaired) electrons. The summed E-state index contributed by atoms with van der Waals surface area (Å²) < 4.78 is 25.0. The first kappa shape index (κ1) is 18.9. The molecule has 1 aliphatic heterocycles. The van der Waals surface area contributed by atoms with Crippen LogP contribution in [-0.2, 0) is 19.6 Å². The van der Waals surface area contributed by atoms with E-state index in [9.17, 15) is 18.0 Å². The smallest absolute Gasteiger partial charge is 0.242 e. The van der Waals surface area contributed by atoms with Crippen LogP contribution in [0.4, 0.5) is 0 Å². The number of amides is 2. The average molecular weight is 333 g/mol. The van der Waals surface area contributed by atoms with Crippen LogP contribution >= 0.6 is 0 Å². The molecule has 128 valence electrons. The summed E-state index contributed by atoms with van der Waals surface area (Å²) in [5.74, 6) is -0.517. The predicted molar refractivity (Wildman–Crippen MR) is 84.7 cm³/mol. The highest BCUT2D eigenvalue weighted by molar-refractivity contribution is 7.89. The first-order valence-electron chi connectivity index (χ1n) is 7.87. The summed E-state index contributed by atoms with van der Waals surface area (Å²) in [7, 11) is -3.18. The summed E-state index contributed by atoms with van der Waals surface area (Å²) in [6, 6.07) is -0.573. The third kappa shape index (κ3) is 5.24. The van der Waals surface area contributed by atoms with Crippen LogP contribution in [-0.4, -0.2) is 56.0 Å². The first-order chi connectivity index (χ1) is 10.3. The zero-order valence-electron chi connectivity index (χ0n) is 13.6. The minimum Gasteiger partial charge on any atom is -0.354 e. The van der Waals surface area contributed by atoms with E-state index in [1.54, 1.807) is 13.8 Å². The molecule has 1 fully saturated rings. The molecular formula is C14H27N3O4S. The number of carbonyl (C=O) groups is 2. The maximum Gasteiger partial charge on any atom is 0.242 e. The fraction of sp³-hybridized carbons (Fsp3) is 0.857. The van der Waals surface area contributed by atoms with Gasteiger partial charge in [0.05, 0.1) is 5.75 Å². The van der Waals surface area contributed by atoms with Crippen LogP contribution in [0.25, 0.3) is 0 Å². The minimum absolute atomic E-state index is 0.0818. The Bertz CT molecular complexity index is 484. The number of piperidine rings is 1. The molecule has 0 aliphatic carbocycles. The number of sulfonamides is 1. The molecule has 1 atom stereocenters. The highest BCUT2D eigenvalue weighted by atomic mass is 32.2. The topological polar surface area (TPSA) is 95.6 Å². The molecule has 1 unspecified atom stereocenters. The van der Waals surface area contributed by atoms with Crippen molar-refractivity contribution in [2.24, 2.45) is 5.92 Å². The lowest BCUT2D eigenvalue weighted by atomic mass is 9.97. The standard InChI is InChI=1S/C14H27N3O4S/c1-4-8-15-13(18)11(3)16-14(19)12-6-9-17(10-7-12)22(20,21)5-2/h11-12H,4-10H2,1-3H3,(H,15,18)(H,16,19). The van der Waals surface area contributed by atoms with Gasteiger partial charge >= 0.3 is 0 Å². The summed E-state index contributed by atoms with van der Waals surface area (Å²) in [6.07, 6.45) is 1.83. The van der Waals surface area contributed by atoms with E-state index in [4.69, 9.17) is 0 Å². The molecular weight excluding hydrogens is 306 g/mol. The molecule has 0 aromatic heterocycles. The second kappa shape index (κ2) is 8.47. The van der Waals surface area contributed by atoms with E-state index < -0.39 is 16.1 Å². The van der Waals surface area contributed by atoms with Crippen LogP contribution in [0, 0.1) is 5.92 Å². The zero-order valence-corrected chi connectivity index (χ0v) is 14.4. The largest absolute Gasteiger partial charge is 0.354 e. The van der Waals surface area contributed by atoms with Crippen LogP contribution in [0.2, 0.25) is 0 Å². The summed E-state index contributed by atoms with van der Waals surface area (Å²) in [4.78, 5) is 23.9. The summed E-state index contributed by atoms with van der Waals surface area (Å²) in [5.41, 5.74) is 0. The molecule has 0 bridgehead atoms. The highest BCUT2D eigenvalue weighted by Gasteiger charge is 2.31. The van der Waals surface area contributed by atoms with E-state index in [-0.39, 0.29) is 23.5 Å². The quantitative estimate of drug-likeness (QED) is 0.690. The van der Waals surface area contributed by atoms with Crippen molar-refractivity contribution in [3.8, 4) is 0 Å².